The monoisotopic (exact) mass is 897 g/mol. The minimum Gasteiger partial charge on any atom is -0.462 e. The minimum absolute atomic E-state index is 0.110. The molecular formula is C59H92O6. The van der Waals surface area contributed by atoms with Gasteiger partial charge in [0.15, 0.2) is 6.10 Å². The molecule has 0 N–H and O–H groups in total. The van der Waals surface area contributed by atoms with Gasteiger partial charge in [-0.05, 0) is 83.5 Å². The Morgan fingerprint density at radius 1 is 0.323 bits per heavy atom. The van der Waals surface area contributed by atoms with Gasteiger partial charge in [-0.3, -0.25) is 14.4 Å². The zero-order valence-electron chi connectivity index (χ0n) is 41.4. The maximum atomic E-state index is 12.8. The van der Waals surface area contributed by atoms with E-state index >= 15 is 0 Å². The molecule has 0 amide bonds. The van der Waals surface area contributed by atoms with E-state index in [1.54, 1.807) is 0 Å². The van der Waals surface area contributed by atoms with Crippen LogP contribution in [0.1, 0.15) is 201 Å². The van der Waals surface area contributed by atoms with Crippen molar-refractivity contribution in [3.8, 4) is 0 Å². The van der Waals surface area contributed by atoms with Gasteiger partial charge in [-0.15, -0.1) is 0 Å². The lowest BCUT2D eigenvalue weighted by atomic mass is 10.1. The number of hydrogen-bond donors (Lipinski definition) is 0. The second-order valence-corrected chi connectivity index (χ2v) is 16.6. The third-order valence-corrected chi connectivity index (χ3v) is 10.4. The highest BCUT2D eigenvalue weighted by Crippen LogP contribution is 2.13. The Kier molecular flexibility index (Phi) is 48.6. The largest absolute Gasteiger partial charge is 0.462 e. The Labute approximate surface area is 398 Å². The summed E-state index contributed by atoms with van der Waals surface area (Å²) in [6, 6.07) is 0. The molecule has 65 heavy (non-hydrogen) atoms. The van der Waals surface area contributed by atoms with Crippen molar-refractivity contribution in [1.82, 2.24) is 0 Å². The van der Waals surface area contributed by atoms with E-state index in [-0.39, 0.29) is 37.5 Å². The van der Waals surface area contributed by atoms with Crippen molar-refractivity contribution in [2.24, 2.45) is 0 Å². The first-order valence-electron chi connectivity index (χ1n) is 25.8. The highest BCUT2D eigenvalue weighted by molar-refractivity contribution is 5.71. The van der Waals surface area contributed by atoms with Crippen LogP contribution in [0.25, 0.3) is 0 Å². The molecule has 1 unspecified atom stereocenters. The number of ether oxygens (including phenoxy) is 3. The molecule has 0 aromatic rings. The van der Waals surface area contributed by atoms with Crippen molar-refractivity contribution in [2.75, 3.05) is 13.2 Å². The Balaban J connectivity index is 4.56. The van der Waals surface area contributed by atoms with Gasteiger partial charge in [0.1, 0.15) is 13.2 Å². The summed E-state index contributed by atoms with van der Waals surface area (Å²) in [4.78, 5) is 38.0. The third kappa shape index (κ3) is 50.4. The predicted octanol–water partition coefficient (Wildman–Crippen LogP) is 17.1. The number of allylic oxidation sites excluding steroid dienone is 22. The summed E-state index contributed by atoms with van der Waals surface area (Å²) in [5.74, 6) is -0.992. The minimum atomic E-state index is -0.815. The van der Waals surface area contributed by atoms with Crippen LogP contribution in [0.3, 0.4) is 0 Å². The lowest BCUT2D eigenvalue weighted by Crippen LogP contribution is -2.30. The van der Waals surface area contributed by atoms with Gasteiger partial charge >= 0.3 is 17.9 Å². The Morgan fingerprint density at radius 3 is 1.00 bits per heavy atom. The zero-order valence-corrected chi connectivity index (χ0v) is 41.4. The summed E-state index contributed by atoms with van der Waals surface area (Å²) in [6.45, 7) is 6.26. The molecule has 0 saturated heterocycles. The van der Waals surface area contributed by atoms with Crippen LogP contribution in [-0.2, 0) is 28.6 Å². The maximum absolute atomic E-state index is 12.8. The molecule has 0 bridgehead atoms. The molecule has 0 aromatic carbocycles. The van der Waals surface area contributed by atoms with E-state index in [1.165, 1.54) is 64.2 Å². The first-order chi connectivity index (χ1) is 32.0. The fourth-order valence-electron chi connectivity index (χ4n) is 6.54. The van der Waals surface area contributed by atoms with E-state index < -0.39 is 6.10 Å². The van der Waals surface area contributed by atoms with Crippen LogP contribution in [0, 0.1) is 0 Å². The quantitative estimate of drug-likeness (QED) is 0.0199. The van der Waals surface area contributed by atoms with Crippen molar-refractivity contribution < 1.29 is 28.6 Å². The molecule has 0 spiro atoms. The molecule has 0 aliphatic carbocycles. The summed E-state index contributed by atoms with van der Waals surface area (Å²) in [6.07, 6.45) is 72.8. The fourth-order valence-corrected chi connectivity index (χ4v) is 6.54. The standard InChI is InChI=1S/C59H92O6/c1-4-7-10-13-16-19-22-25-28-29-32-34-37-40-43-46-49-52-58(61)64-55-56(65-59(62)53-50-47-44-41-38-35-31-27-24-21-18-15-12-9-6-3)54-63-57(60)51-48-45-42-39-36-33-30-26-23-20-17-14-11-8-5-2/h7,9-10,12-13,15-16,18-25,27-29,31-32,34,37,56H,4-6,8,11,14,17,26,30,33,35-36,38-55H2,1-3H3/b10-7-,12-9-,16-13-,18-15-,22-19-,23-20-,24-21-,28-25-,31-27-,32-29+,37-34-. The van der Waals surface area contributed by atoms with E-state index in [0.717, 1.165) is 96.3 Å². The molecule has 1 atom stereocenters. The van der Waals surface area contributed by atoms with Gasteiger partial charge in [-0.1, -0.05) is 231 Å². The average molecular weight is 897 g/mol. The van der Waals surface area contributed by atoms with Gasteiger partial charge in [-0.25, -0.2) is 0 Å². The third-order valence-electron chi connectivity index (χ3n) is 10.4. The number of hydrogen-bond acceptors (Lipinski definition) is 6. The van der Waals surface area contributed by atoms with Crippen LogP contribution >= 0.6 is 0 Å². The van der Waals surface area contributed by atoms with E-state index in [9.17, 15) is 14.4 Å². The molecule has 0 aromatic heterocycles. The fraction of sp³-hybridized carbons (Fsp3) is 0.576. The number of unbranched alkanes of at least 4 members (excludes halogenated alkanes) is 19. The maximum Gasteiger partial charge on any atom is 0.306 e. The molecule has 0 aliphatic rings. The van der Waals surface area contributed by atoms with Gasteiger partial charge in [0, 0.05) is 19.3 Å². The molecule has 6 nitrogen and oxygen atoms in total. The van der Waals surface area contributed by atoms with Gasteiger partial charge in [0.25, 0.3) is 0 Å². The number of carbonyl (C=O) groups is 3. The molecule has 0 saturated carbocycles. The zero-order chi connectivity index (χ0) is 47.2. The van der Waals surface area contributed by atoms with Crippen LogP contribution in [-0.4, -0.2) is 37.2 Å². The molecule has 364 valence electrons. The first-order valence-corrected chi connectivity index (χ1v) is 25.8. The van der Waals surface area contributed by atoms with Gasteiger partial charge in [0.05, 0.1) is 0 Å². The smallest absolute Gasteiger partial charge is 0.306 e. The van der Waals surface area contributed by atoms with Gasteiger partial charge in [0.2, 0.25) is 0 Å². The SMILES string of the molecule is CC\C=C/C=C\C=C/C=C\C=C\C=C/CCCCCC(=O)OCC(COC(=O)CCCCCCCCC/C=C\CCCCCC)OC(=O)CCCCCCC\C=C/C=C\C=C/C=C\CC. The summed E-state index contributed by atoms with van der Waals surface area (Å²) < 4.78 is 16.7. The van der Waals surface area contributed by atoms with Gasteiger partial charge in [-0.2, -0.15) is 0 Å². The topological polar surface area (TPSA) is 78.9 Å². The second kappa shape index (κ2) is 52.2. The summed E-state index contributed by atoms with van der Waals surface area (Å²) >= 11 is 0. The average Bonchev–Trinajstić information content (AvgIpc) is 3.30. The van der Waals surface area contributed by atoms with Crippen molar-refractivity contribution >= 4 is 17.9 Å². The van der Waals surface area contributed by atoms with Crippen LogP contribution in [0.2, 0.25) is 0 Å². The van der Waals surface area contributed by atoms with E-state index in [2.05, 4.69) is 69.4 Å². The molecule has 0 fully saturated rings. The Bertz CT molecular complexity index is 1450. The number of rotatable bonds is 44. The van der Waals surface area contributed by atoms with Crippen molar-refractivity contribution in [3.05, 3.63) is 134 Å². The number of carbonyl (C=O) groups excluding carboxylic acids is 3. The molecule has 6 heteroatoms. The van der Waals surface area contributed by atoms with E-state index in [4.69, 9.17) is 14.2 Å². The highest BCUT2D eigenvalue weighted by Gasteiger charge is 2.19. The summed E-state index contributed by atoms with van der Waals surface area (Å²) in [7, 11) is 0. The van der Waals surface area contributed by atoms with Crippen LogP contribution < -0.4 is 0 Å². The Hall–Kier alpha value is -4.45. The molecular weight excluding hydrogens is 805 g/mol. The molecule has 0 rings (SSSR count). The molecule has 0 aliphatic heterocycles. The lowest BCUT2D eigenvalue weighted by Gasteiger charge is -2.18. The van der Waals surface area contributed by atoms with Crippen LogP contribution in [0.4, 0.5) is 0 Å². The Morgan fingerprint density at radius 2 is 0.615 bits per heavy atom. The summed E-state index contributed by atoms with van der Waals surface area (Å²) in [5.41, 5.74) is 0. The molecule has 0 heterocycles. The highest BCUT2D eigenvalue weighted by atomic mass is 16.6. The number of esters is 3. The molecule has 0 radical (unpaired) electrons. The van der Waals surface area contributed by atoms with Crippen molar-refractivity contribution in [2.45, 2.75) is 207 Å². The van der Waals surface area contributed by atoms with Crippen molar-refractivity contribution in [3.63, 3.8) is 0 Å². The second-order valence-electron chi connectivity index (χ2n) is 16.6. The normalized spacial score (nSPS) is 13.2. The van der Waals surface area contributed by atoms with Crippen LogP contribution in [0.15, 0.2) is 134 Å². The first kappa shape index (κ1) is 60.5. The summed E-state index contributed by atoms with van der Waals surface area (Å²) in [5, 5.41) is 0. The van der Waals surface area contributed by atoms with E-state index in [0.29, 0.717) is 12.8 Å². The van der Waals surface area contributed by atoms with Gasteiger partial charge < -0.3 is 14.2 Å². The van der Waals surface area contributed by atoms with Crippen molar-refractivity contribution in [1.29, 1.82) is 0 Å². The van der Waals surface area contributed by atoms with Crippen LogP contribution in [0.5, 0.6) is 0 Å². The predicted molar refractivity (Wildman–Crippen MR) is 279 cm³/mol. The lowest BCUT2D eigenvalue weighted by molar-refractivity contribution is -0.167. The van der Waals surface area contributed by atoms with E-state index in [1.807, 2.05) is 85.1 Å².